The summed E-state index contributed by atoms with van der Waals surface area (Å²) in [6.07, 6.45) is 1.27. The second-order valence-electron chi connectivity index (χ2n) is 9.71. The van der Waals surface area contributed by atoms with Gasteiger partial charge in [0.15, 0.2) is 11.5 Å². The second-order valence-corrected chi connectivity index (χ2v) is 9.71. The summed E-state index contributed by atoms with van der Waals surface area (Å²) >= 11 is 0. The number of aliphatic hydroxyl groups is 1. The van der Waals surface area contributed by atoms with Crippen LogP contribution in [-0.4, -0.2) is 57.7 Å². The van der Waals surface area contributed by atoms with E-state index in [9.17, 15) is 20.1 Å². The number of ketones is 1. The van der Waals surface area contributed by atoms with Crippen LogP contribution in [0.25, 0.3) is 44.6 Å². The zero-order chi connectivity index (χ0) is 28.8. The molecule has 10 heteroatoms. The Morgan fingerprint density at radius 2 is 1.39 bits per heavy atom. The van der Waals surface area contributed by atoms with Gasteiger partial charge in [0.1, 0.15) is 39.2 Å². The molecule has 3 N–H and O–H groups in total. The highest BCUT2D eigenvalue weighted by atomic mass is 16.3. The average molecular weight is 547 g/mol. The van der Waals surface area contributed by atoms with Crippen molar-refractivity contribution in [2.75, 3.05) is 6.61 Å². The molecular formula is C31H26N6O4. The number of carbonyl (C=O) groups is 1. The normalized spacial score (nSPS) is 11.4. The van der Waals surface area contributed by atoms with Crippen molar-refractivity contribution in [1.82, 2.24) is 30.0 Å². The summed E-state index contributed by atoms with van der Waals surface area (Å²) in [7, 11) is 0. The van der Waals surface area contributed by atoms with E-state index in [4.69, 9.17) is 0 Å². The Labute approximate surface area is 234 Å². The minimum absolute atomic E-state index is 0.0225. The monoisotopic (exact) mass is 546 g/mol. The average Bonchev–Trinajstić information content (AvgIpc) is 3.59. The number of rotatable bonds is 7. The highest BCUT2D eigenvalue weighted by molar-refractivity contribution is 6.09. The van der Waals surface area contributed by atoms with Gasteiger partial charge >= 0.3 is 0 Å². The zero-order valence-electron chi connectivity index (χ0n) is 22.4. The van der Waals surface area contributed by atoms with Crippen LogP contribution >= 0.6 is 0 Å². The van der Waals surface area contributed by atoms with E-state index in [0.29, 0.717) is 55.6 Å². The minimum atomic E-state index is -0.374. The summed E-state index contributed by atoms with van der Waals surface area (Å²) in [6, 6.07) is 18.0. The lowest BCUT2D eigenvalue weighted by atomic mass is 9.86. The fourth-order valence-electron chi connectivity index (χ4n) is 5.25. The predicted molar refractivity (Wildman–Crippen MR) is 155 cm³/mol. The topological polar surface area (TPSA) is 139 Å². The van der Waals surface area contributed by atoms with Gasteiger partial charge < -0.3 is 15.3 Å². The van der Waals surface area contributed by atoms with Crippen LogP contribution in [0.1, 0.15) is 27.0 Å². The lowest BCUT2D eigenvalue weighted by molar-refractivity contribution is 0.104. The van der Waals surface area contributed by atoms with Crippen LogP contribution in [0.2, 0.25) is 0 Å². The molecule has 204 valence electrons. The Morgan fingerprint density at radius 3 is 1.90 bits per heavy atom. The lowest BCUT2D eigenvalue weighted by Crippen LogP contribution is -2.14. The molecule has 2 heterocycles. The third-order valence-electron chi connectivity index (χ3n) is 7.15. The SMILES string of the molecule is C=CC(=O)c1c(C)c(-c2cc(C)c(O)c(-n3nc4ccccc4n3)c2)c(O)c(-n2nc3ccccc3n2)c1CCO. The van der Waals surface area contributed by atoms with E-state index in [2.05, 4.69) is 27.0 Å². The van der Waals surface area contributed by atoms with Crippen molar-refractivity contribution in [2.24, 2.45) is 0 Å². The van der Waals surface area contributed by atoms with Crippen molar-refractivity contribution in [3.63, 3.8) is 0 Å². The maximum Gasteiger partial charge on any atom is 0.185 e. The summed E-state index contributed by atoms with van der Waals surface area (Å²) in [5, 5.41) is 51.0. The number of benzene rings is 4. The summed E-state index contributed by atoms with van der Waals surface area (Å²) in [5.74, 6) is -0.576. The summed E-state index contributed by atoms with van der Waals surface area (Å²) in [4.78, 5) is 15.9. The molecule has 0 aliphatic heterocycles. The van der Waals surface area contributed by atoms with Crippen molar-refractivity contribution >= 4 is 27.9 Å². The quantitative estimate of drug-likeness (QED) is 0.193. The summed E-state index contributed by atoms with van der Waals surface area (Å²) in [5.41, 5.74) is 5.50. The van der Waals surface area contributed by atoms with Gasteiger partial charge in [-0.15, -0.1) is 30.0 Å². The largest absolute Gasteiger partial charge is 0.505 e. The van der Waals surface area contributed by atoms with Gasteiger partial charge in [0, 0.05) is 17.7 Å². The Balaban J connectivity index is 1.67. The van der Waals surface area contributed by atoms with Crippen molar-refractivity contribution in [3.8, 4) is 34.0 Å². The highest BCUT2D eigenvalue weighted by Crippen LogP contribution is 2.44. The van der Waals surface area contributed by atoms with Gasteiger partial charge in [-0.1, -0.05) is 30.8 Å². The van der Waals surface area contributed by atoms with Crippen molar-refractivity contribution < 1.29 is 20.1 Å². The molecule has 0 saturated heterocycles. The van der Waals surface area contributed by atoms with E-state index in [1.54, 1.807) is 38.1 Å². The van der Waals surface area contributed by atoms with Gasteiger partial charge in [0.05, 0.1) is 0 Å². The molecule has 0 unspecified atom stereocenters. The van der Waals surface area contributed by atoms with Gasteiger partial charge in [0.25, 0.3) is 0 Å². The number of phenolic OH excluding ortho intramolecular Hbond substituents is 2. The number of carbonyl (C=O) groups excluding carboxylic acids is 1. The molecule has 0 radical (unpaired) electrons. The fourth-order valence-corrected chi connectivity index (χ4v) is 5.25. The molecule has 0 atom stereocenters. The Hall–Kier alpha value is -5.35. The van der Waals surface area contributed by atoms with Gasteiger partial charge in [-0.25, -0.2) is 0 Å². The molecule has 41 heavy (non-hydrogen) atoms. The van der Waals surface area contributed by atoms with E-state index in [-0.39, 0.29) is 41.6 Å². The molecule has 0 bridgehead atoms. The first kappa shape index (κ1) is 25.9. The Morgan fingerprint density at radius 1 is 0.854 bits per heavy atom. The molecule has 0 spiro atoms. The van der Waals surface area contributed by atoms with Gasteiger partial charge in [-0.3, -0.25) is 4.79 Å². The molecule has 0 aliphatic carbocycles. The molecule has 6 rings (SSSR count). The van der Waals surface area contributed by atoms with E-state index in [1.165, 1.54) is 15.7 Å². The number of hydrogen-bond acceptors (Lipinski definition) is 8. The summed E-state index contributed by atoms with van der Waals surface area (Å²) in [6.45, 7) is 6.86. The molecule has 4 aromatic carbocycles. The molecule has 2 aromatic heterocycles. The molecule has 0 aliphatic rings. The fraction of sp³-hybridized carbons (Fsp3) is 0.129. The van der Waals surface area contributed by atoms with Crippen molar-refractivity contribution in [1.29, 1.82) is 0 Å². The van der Waals surface area contributed by atoms with Crippen LogP contribution in [0, 0.1) is 13.8 Å². The third kappa shape index (κ3) is 4.21. The first-order chi connectivity index (χ1) is 19.8. The smallest absolute Gasteiger partial charge is 0.185 e. The minimum Gasteiger partial charge on any atom is -0.505 e. The lowest BCUT2D eigenvalue weighted by Gasteiger charge is -2.21. The van der Waals surface area contributed by atoms with Crippen molar-refractivity contribution in [3.05, 3.63) is 95.6 Å². The van der Waals surface area contributed by atoms with Gasteiger partial charge in [0.2, 0.25) is 0 Å². The Bertz CT molecular complexity index is 1940. The number of aryl methyl sites for hydroxylation is 1. The standard InChI is InChI=1S/C31H26N6O4/c1-4-26(39)28-18(3)27(31(41)29(20(28)13-14-38)37-34-23-11-7-8-12-24(23)35-37)19-15-17(2)30(40)25(16-19)36-32-21-9-5-6-10-22(21)33-36/h4-12,15-16,38,40-41H,1,13-14H2,2-3H3. The maximum atomic E-state index is 13.3. The summed E-state index contributed by atoms with van der Waals surface area (Å²) < 4.78 is 0. The molecule has 0 saturated carbocycles. The predicted octanol–water partition coefficient (Wildman–Crippen LogP) is 4.75. The molecule has 0 fully saturated rings. The molecule has 6 aromatic rings. The number of aromatic nitrogens is 6. The van der Waals surface area contributed by atoms with Crippen LogP contribution in [0.15, 0.2) is 73.3 Å². The van der Waals surface area contributed by atoms with E-state index < -0.39 is 0 Å². The number of fused-ring (bicyclic) bond motifs is 2. The van der Waals surface area contributed by atoms with Crippen LogP contribution < -0.4 is 0 Å². The van der Waals surface area contributed by atoms with E-state index in [1.807, 2.05) is 36.4 Å². The number of allylic oxidation sites excluding steroid dienone is 1. The van der Waals surface area contributed by atoms with Crippen LogP contribution in [0.3, 0.4) is 0 Å². The number of nitrogens with zero attached hydrogens (tertiary/aromatic N) is 6. The first-order valence-electron chi connectivity index (χ1n) is 13.0. The second kappa shape index (κ2) is 10.00. The van der Waals surface area contributed by atoms with Gasteiger partial charge in [-0.2, -0.15) is 0 Å². The zero-order valence-corrected chi connectivity index (χ0v) is 22.4. The van der Waals surface area contributed by atoms with Crippen LogP contribution in [0.4, 0.5) is 0 Å². The molecule has 0 amide bonds. The van der Waals surface area contributed by atoms with E-state index >= 15 is 0 Å². The number of phenols is 2. The van der Waals surface area contributed by atoms with E-state index in [0.717, 1.165) is 0 Å². The van der Waals surface area contributed by atoms with Crippen LogP contribution in [-0.2, 0) is 6.42 Å². The van der Waals surface area contributed by atoms with Crippen LogP contribution in [0.5, 0.6) is 11.5 Å². The maximum absolute atomic E-state index is 13.3. The Kier molecular flexibility index (Phi) is 6.32. The first-order valence-corrected chi connectivity index (χ1v) is 13.0. The number of aliphatic hydroxyl groups excluding tert-OH is 1. The third-order valence-corrected chi connectivity index (χ3v) is 7.15. The molecular weight excluding hydrogens is 520 g/mol. The molecule has 10 nitrogen and oxygen atoms in total. The highest BCUT2D eigenvalue weighted by Gasteiger charge is 2.28. The number of hydrogen-bond donors (Lipinski definition) is 3. The van der Waals surface area contributed by atoms with Gasteiger partial charge in [-0.05, 0) is 85.0 Å². The number of aromatic hydroxyl groups is 2. The van der Waals surface area contributed by atoms with Crippen molar-refractivity contribution in [2.45, 2.75) is 20.3 Å².